The summed E-state index contributed by atoms with van der Waals surface area (Å²) in [5, 5.41) is 10.7. The number of fused-ring (bicyclic) bond motifs is 2. The summed E-state index contributed by atoms with van der Waals surface area (Å²) in [7, 11) is 0. The number of rotatable bonds is 3. The first-order valence-electron chi connectivity index (χ1n) is 6.73. The van der Waals surface area contributed by atoms with Crippen molar-refractivity contribution in [3.8, 4) is 0 Å². The Morgan fingerprint density at radius 3 is 2.38 bits per heavy atom. The van der Waals surface area contributed by atoms with Crippen LogP contribution in [0.15, 0.2) is 11.6 Å². The van der Waals surface area contributed by atoms with Gasteiger partial charge in [0.25, 0.3) is 0 Å². The summed E-state index contributed by atoms with van der Waals surface area (Å²) in [4.78, 5) is 0. The Labute approximate surface area is 99.9 Å². The van der Waals surface area contributed by atoms with E-state index in [1.807, 2.05) is 0 Å². The summed E-state index contributed by atoms with van der Waals surface area (Å²) in [6, 6.07) is 0. The summed E-state index contributed by atoms with van der Waals surface area (Å²) in [6.07, 6.45) is 8.43. The van der Waals surface area contributed by atoms with E-state index in [1.54, 1.807) is 0 Å². The fourth-order valence-electron chi connectivity index (χ4n) is 4.07. The minimum atomic E-state index is -0.425. The van der Waals surface area contributed by atoms with Crippen LogP contribution in [0.4, 0.5) is 0 Å². The van der Waals surface area contributed by atoms with Crippen LogP contribution in [0.1, 0.15) is 59.8 Å². The van der Waals surface area contributed by atoms with Gasteiger partial charge >= 0.3 is 0 Å². The lowest BCUT2D eigenvalue weighted by Crippen LogP contribution is -2.48. The third-order valence-corrected chi connectivity index (χ3v) is 5.50. The summed E-state index contributed by atoms with van der Waals surface area (Å²) in [5.74, 6) is 1.33. The number of allylic oxidation sites excluding steroid dienone is 2. The second-order valence-electron chi connectivity index (χ2n) is 6.59. The largest absolute Gasteiger partial charge is 0.389 e. The minimum Gasteiger partial charge on any atom is -0.389 e. The lowest BCUT2D eigenvalue weighted by atomic mass is 9.63. The Morgan fingerprint density at radius 2 is 1.88 bits per heavy atom. The van der Waals surface area contributed by atoms with Crippen molar-refractivity contribution in [2.45, 2.75) is 65.4 Å². The Balaban J connectivity index is 2.09. The molecule has 16 heavy (non-hydrogen) atoms. The van der Waals surface area contributed by atoms with Crippen molar-refractivity contribution in [2.75, 3.05) is 0 Å². The minimum absolute atomic E-state index is 0.155. The second-order valence-corrected chi connectivity index (χ2v) is 6.59. The highest BCUT2D eigenvalue weighted by Gasteiger charge is 2.61. The van der Waals surface area contributed by atoms with E-state index in [9.17, 15) is 5.11 Å². The number of aliphatic hydroxyl groups is 1. The predicted octanol–water partition coefficient (Wildman–Crippen LogP) is 3.92. The summed E-state index contributed by atoms with van der Waals surface area (Å²) in [6.45, 7) is 8.71. The molecule has 92 valence electrons. The van der Waals surface area contributed by atoms with Gasteiger partial charge in [-0.1, -0.05) is 18.6 Å². The van der Waals surface area contributed by atoms with Crippen LogP contribution in [-0.2, 0) is 0 Å². The van der Waals surface area contributed by atoms with Crippen molar-refractivity contribution < 1.29 is 5.11 Å². The maximum Gasteiger partial charge on any atom is 0.0703 e. The molecule has 1 N–H and O–H groups in total. The summed E-state index contributed by atoms with van der Waals surface area (Å²) in [5.41, 5.74) is 1.12. The van der Waals surface area contributed by atoms with Gasteiger partial charge in [-0.3, -0.25) is 0 Å². The normalized spacial score (nSPS) is 46.1. The van der Waals surface area contributed by atoms with E-state index in [1.165, 1.54) is 24.8 Å². The van der Waals surface area contributed by atoms with Crippen LogP contribution in [0.2, 0.25) is 0 Å². The van der Waals surface area contributed by atoms with Gasteiger partial charge in [-0.25, -0.2) is 0 Å². The molecule has 0 aromatic rings. The second kappa shape index (κ2) is 3.87. The molecule has 2 saturated carbocycles. The molecule has 0 heterocycles. The van der Waals surface area contributed by atoms with E-state index >= 15 is 0 Å². The van der Waals surface area contributed by atoms with E-state index in [-0.39, 0.29) is 5.41 Å². The third kappa shape index (κ3) is 1.64. The Kier molecular flexibility index (Phi) is 2.94. The molecule has 0 spiro atoms. The zero-order valence-corrected chi connectivity index (χ0v) is 11.2. The lowest BCUT2D eigenvalue weighted by molar-refractivity contribution is -0.104. The van der Waals surface area contributed by atoms with Gasteiger partial charge in [0.05, 0.1) is 5.60 Å². The van der Waals surface area contributed by atoms with E-state index in [4.69, 9.17) is 0 Å². The molecule has 2 aliphatic rings. The molecule has 0 aliphatic heterocycles. The summed E-state index contributed by atoms with van der Waals surface area (Å²) >= 11 is 0. The van der Waals surface area contributed by atoms with Crippen molar-refractivity contribution in [3.63, 3.8) is 0 Å². The number of hydrogen-bond donors (Lipinski definition) is 1. The molecule has 4 atom stereocenters. The molecule has 0 radical (unpaired) electrons. The molecule has 0 unspecified atom stereocenters. The van der Waals surface area contributed by atoms with Crippen LogP contribution < -0.4 is 0 Å². The first-order valence-corrected chi connectivity index (χ1v) is 6.73. The smallest absolute Gasteiger partial charge is 0.0703 e. The molecule has 2 rings (SSSR count). The molecule has 2 bridgehead atoms. The van der Waals surface area contributed by atoms with Crippen LogP contribution in [-0.4, -0.2) is 10.7 Å². The SMILES string of the molecule is CC(C)=CCC[C@]1(C)[C@@H]2CC[C@@H](C2)[C@]1(C)O. The van der Waals surface area contributed by atoms with Crippen LogP contribution in [0, 0.1) is 17.3 Å². The van der Waals surface area contributed by atoms with Crippen molar-refractivity contribution in [1.82, 2.24) is 0 Å². The van der Waals surface area contributed by atoms with Crippen molar-refractivity contribution >= 4 is 0 Å². The van der Waals surface area contributed by atoms with Crippen LogP contribution in [0.5, 0.6) is 0 Å². The first kappa shape index (κ1) is 12.2. The lowest BCUT2D eigenvalue weighted by Gasteiger charge is -2.46. The molecule has 2 aliphatic carbocycles. The predicted molar refractivity (Wildman–Crippen MR) is 68.2 cm³/mol. The van der Waals surface area contributed by atoms with Gasteiger partial charge in [0.1, 0.15) is 0 Å². The molecule has 0 aromatic carbocycles. The van der Waals surface area contributed by atoms with Crippen LogP contribution in [0.25, 0.3) is 0 Å². The van der Waals surface area contributed by atoms with Crippen molar-refractivity contribution in [3.05, 3.63) is 11.6 Å². The van der Waals surface area contributed by atoms with Crippen LogP contribution >= 0.6 is 0 Å². The van der Waals surface area contributed by atoms with Gasteiger partial charge in [0, 0.05) is 0 Å². The van der Waals surface area contributed by atoms with Gasteiger partial charge < -0.3 is 5.11 Å². The first-order chi connectivity index (χ1) is 7.38. The summed E-state index contributed by atoms with van der Waals surface area (Å²) < 4.78 is 0. The molecule has 0 saturated heterocycles. The zero-order valence-electron chi connectivity index (χ0n) is 11.2. The van der Waals surface area contributed by atoms with Gasteiger partial charge in [0.2, 0.25) is 0 Å². The molecular formula is C15H26O. The van der Waals surface area contributed by atoms with Crippen molar-refractivity contribution in [2.24, 2.45) is 17.3 Å². The topological polar surface area (TPSA) is 20.2 Å². The van der Waals surface area contributed by atoms with Gasteiger partial charge in [0.15, 0.2) is 0 Å². The van der Waals surface area contributed by atoms with Gasteiger partial charge in [-0.15, -0.1) is 0 Å². The van der Waals surface area contributed by atoms with E-state index in [0.29, 0.717) is 5.92 Å². The Morgan fingerprint density at radius 1 is 1.25 bits per heavy atom. The molecular weight excluding hydrogens is 196 g/mol. The monoisotopic (exact) mass is 222 g/mol. The van der Waals surface area contributed by atoms with E-state index in [0.717, 1.165) is 18.8 Å². The molecule has 0 aromatic heterocycles. The number of hydrogen-bond acceptors (Lipinski definition) is 1. The Bertz CT molecular complexity index is 299. The highest BCUT2D eigenvalue weighted by atomic mass is 16.3. The average molecular weight is 222 g/mol. The maximum atomic E-state index is 10.7. The molecule has 0 amide bonds. The fraction of sp³-hybridized carbons (Fsp3) is 0.867. The van der Waals surface area contributed by atoms with Crippen molar-refractivity contribution in [1.29, 1.82) is 0 Å². The highest BCUT2D eigenvalue weighted by molar-refractivity contribution is 5.12. The molecule has 1 heteroatoms. The zero-order chi connectivity index (χ0) is 12.0. The fourth-order valence-corrected chi connectivity index (χ4v) is 4.07. The van der Waals surface area contributed by atoms with Crippen LogP contribution in [0.3, 0.4) is 0 Å². The quantitative estimate of drug-likeness (QED) is 0.718. The van der Waals surface area contributed by atoms with Gasteiger partial charge in [-0.05, 0) is 70.1 Å². The average Bonchev–Trinajstić information content (AvgIpc) is 2.70. The third-order valence-electron chi connectivity index (χ3n) is 5.50. The van der Waals surface area contributed by atoms with E-state index < -0.39 is 5.60 Å². The standard InChI is InChI=1S/C15H26O/c1-11(2)6-5-9-14(3)12-7-8-13(10-12)15(14,4)16/h6,12-13,16H,5,7-10H2,1-4H3/t12-,13+,14-,15+/m1/s1. The molecule has 2 fully saturated rings. The van der Waals surface area contributed by atoms with E-state index in [2.05, 4.69) is 33.8 Å². The molecule has 1 nitrogen and oxygen atoms in total. The Hall–Kier alpha value is -0.300. The highest BCUT2D eigenvalue weighted by Crippen LogP contribution is 2.63. The maximum absolute atomic E-state index is 10.7. The van der Waals surface area contributed by atoms with Gasteiger partial charge in [-0.2, -0.15) is 0 Å².